The van der Waals surface area contributed by atoms with Gasteiger partial charge in [-0.25, -0.2) is 8.42 Å². The molecule has 0 fully saturated rings. The Morgan fingerprint density at radius 3 is 2.52 bits per heavy atom. The molecule has 0 spiro atoms. The number of hydrogen-bond donors (Lipinski definition) is 0. The minimum Gasteiger partial charge on any atom is -0.258 e. The number of benzene rings is 1. The summed E-state index contributed by atoms with van der Waals surface area (Å²) in [6, 6.07) is 2.39. The van der Waals surface area contributed by atoms with Crippen LogP contribution in [0.15, 0.2) is 23.1 Å². The van der Waals surface area contributed by atoms with Crippen molar-refractivity contribution >= 4 is 27.5 Å². The van der Waals surface area contributed by atoms with Crippen molar-refractivity contribution < 1.29 is 17.7 Å². The molecule has 0 aliphatic carbocycles. The Kier molecular flexibility index (Phi) is 6.11. The van der Waals surface area contributed by atoms with Crippen molar-refractivity contribution in [1.82, 2.24) is 4.31 Å². The average molecular weight is 336 g/mol. The van der Waals surface area contributed by atoms with Gasteiger partial charge in [0.1, 0.15) is 0 Å². The Labute approximate surface area is 127 Å². The summed E-state index contributed by atoms with van der Waals surface area (Å²) in [7, 11) is -2.45. The van der Waals surface area contributed by atoms with Gasteiger partial charge in [0.2, 0.25) is 15.8 Å². The maximum atomic E-state index is 13.6. The van der Waals surface area contributed by atoms with Crippen LogP contribution in [-0.2, 0) is 10.0 Å². The molecular weight excluding hydrogens is 319 g/mol. The molecule has 0 aliphatic rings. The van der Waals surface area contributed by atoms with Gasteiger partial charge in [-0.15, -0.1) is 0 Å². The number of nitro benzene ring substituents is 1. The predicted molar refractivity (Wildman–Crippen MR) is 80.5 cm³/mol. The molecule has 6 nitrogen and oxygen atoms in total. The summed E-state index contributed by atoms with van der Waals surface area (Å²) in [5.41, 5.74) is -0.743. The van der Waals surface area contributed by atoms with Crippen LogP contribution in [0.25, 0.3) is 0 Å². The largest absolute Gasteiger partial charge is 0.304 e. The second-order valence-electron chi connectivity index (χ2n) is 4.41. The first-order chi connectivity index (χ1) is 9.75. The Morgan fingerprint density at radius 1 is 1.48 bits per heavy atom. The Hall–Kier alpha value is -1.19. The van der Waals surface area contributed by atoms with Crippen LogP contribution in [0.4, 0.5) is 10.1 Å². The number of nitro groups is 1. The molecule has 1 aromatic rings. The molecule has 0 aliphatic heterocycles. The first-order valence-corrected chi connectivity index (χ1v) is 9.00. The van der Waals surface area contributed by atoms with Crippen LogP contribution in [-0.4, -0.2) is 42.7 Å². The molecule has 1 unspecified atom stereocenters. The summed E-state index contributed by atoms with van der Waals surface area (Å²) >= 11 is 1.51. The topological polar surface area (TPSA) is 80.5 Å². The minimum atomic E-state index is -3.88. The maximum Gasteiger partial charge on any atom is 0.304 e. The third-order valence-electron chi connectivity index (χ3n) is 3.14. The van der Waals surface area contributed by atoms with Gasteiger partial charge in [0.25, 0.3) is 0 Å². The molecule has 0 aromatic heterocycles. The number of halogens is 1. The monoisotopic (exact) mass is 336 g/mol. The molecule has 0 bridgehead atoms. The smallest absolute Gasteiger partial charge is 0.258 e. The molecule has 118 valence electrons. The molecule has 21 heavy (non-hydrogen) atoms. The van der Waals surface area contributed by atoms with Crippen molar-refractivity contribution in [3.63, 3.8) is 0 Å². The normalized spacial score (nSPS) is 13.4. The van der Waals surface area contributed by atoms with E-state index in [1.165, 1.54) is 23.1 Å². The van der Waals surface area contributed by atoms with Crippen molar-refractivity contribution in [2.24, 2.45) is 0 Å². The van der Waals surface area contributed by atoms with Crippen LogP contribution < -0.4 is 0 Å². The zero-order valence-corrected chi connectivity index (χ0v) is 13.6. The van der Waals surface area contributed by atoms with Crippen LogP contribution >= 0.6 is 11.8 Å². The lowest BCUT2D eigenvalue weighted by atomic mass is 10.3. The SMILES string of the molecule is CCC(CSC)N(C)S(=O)(=O)c1ccc([N+](=O)[O-])c(F)c1. The van der Waals surface area contributed by atoms with Crippen molar-refractivity contribution in [3.8, 4) is 0 Å². The Balaban J connectivity index is 3.18. The van der Waals surface area contributed by atoms with E-state index in [9.17, 15) is 22.9 Å². The second kappa shape index (κ2) is 7.19. The fourth-order valence-electron chi connectivity index (χ4n) is 1.83. The molecule has 0 saturated heterocycles. The van der Waals surface area contributed by atoms with Gasteiger partial charge >= 0.3 is 5.69 Å². The van der Waals surface area contributed by atoms with Crippen LogP contribution in [0.3, 0.4) is 0 Å². The first-order valence-electron chi connectivity index (χ1n) is 6.16. The highest BCUT2D eigenvalue weighted by Gasteiger charge is 2.28. The van der Waals surface area contributed by atoms with Crippen molar-refractivity contribution in [2.75, 3.05) is 19.1 Å². The highest BCUT2D eigenvalue weighted by molar-refractivity contribution is 7.98. The quantitative estimate of drug-likeness (QED) is 0.564. The van der Waals surface area contributed by atoms with Gasteiger partial charge in [-0.1, -0.05) is 6.92 Å². The summed E-state index contributed by atoms with van der Waals surface area (Å²) in [5.74, 6) is -0.547. The van der Waals surface area contributed by atoms with Crippen LogP contribution in [0, 0.1) is 15.9 Å². The maximum absolute atomic E-state index is 13.6. The van der Waals surface area contributed by atoms with Crippen molar-refractivity contribution in [3.05, 3.63) is 34.1 Å². The third kappa shape index (κ3) is 3.92. The second-order valence-corrected chi connectivity index (χ2v) is 7.32. The third-order valence-corrected chi connectivity index (χ3v) is 5.76. The summed E-state index contributed by atoms with van der Waals surface area (Å²) in [6.45, 7) is 1.86. The lowest BCUT2D eigenvalue weighted by molar-refractivity contribution is -0.387. The van der Waals surface area contributed by atoms with Gasteiger partial charge in [0, 0.05) is 31.0 Å². The fraction of sp³-hybridized carbons (Fsp3) is 0.500. The molecule has 1 aromatic carbocycles. The summed E-state index contributed by atoms with van der Waals surface area (Å²) < 4.78 is 39.6. The average Bonchev–Trinajstić information content (AvgIpc) is 2.43. The molecule has 0 radical (unpaired) electrons. The standard InChI is InChI=1S/C12H17FN2O4S2/c1-4-9(8-20-3)14(2)21(18,19)10-5-6-12(15(16)17)11(13)7-10/h5-7,9H,4,8H2,1-3H3. The van der Waals surface area contributed by atoms with E-state index < -0.39 is 26.5 Å². The summed E-state index contributed by atoms with van der Waals surface area (Å²) in [4.78, 5) is 9.38. The van der Waals surface area contributed by atoms with Crippen LogP contribution in [0.1, 0.15) is 13.3 Å². The molecule has 1 rings (SSSR count). The molecule has 0 N–H and O–H groups in total. The minimum absolute atomic E-state index is 0.219. The number of thioether (sulfide) groups is 1. The zero-order valence-electron chi connectivity index (χ0n) is 11.9. The van der Waals surface area contributed by atoms with E-state index in [0.717, 1.165) is 12.1 Å². The first kappa shape index (κ1) is 17.9. The molecule has 1 atom stereocenters. The van der Waals surface area contributed by atoms with Crippen molar-refractivity contribution in [1.29, 1.82) is 0 Å². The highest BCUT2D eigenvalue weighted by Crippen LogP contribution is 2.24. The molecule has 9 heteroatoms. The number of rotatable bonds is 7. The van der Waals surface area contributed by atoms with Gasteiger partial charge in [-0.05, 0) is 18.7 Å². The van der Waals surface area contributed by atoms with E-state index >= 15 is 0 Å². The Morgan fingerprint density at radius 2 is 2.10 bits per heavy atom. The number of hydrogen-bond acceptors (Lipinski definition) is 5. The van der Waals surface area contributed by atoms with Gasteiger partial charge in [0.05, 0.1) is 9.82 Å². The summed E-state index contributed by atoms with van der Waals surface area (Å²) in [5, 5.41) is 10.6. The lowest BCUT2D eigenvalue weighted by Gasteiger charge is -2.26. The predicted octanol–water partition coefficient (Wildman–Crippen LogP) is 2.50. The van der Waals surface area contributed by atoms with E-state index in [2.05, 4.69) is 0 Å². The van der Waals surface area contributed by atoms with Gasteiger partial charge in [0.15, 0.2) is 0 Å². The van der Waals surface area contributed by atoms with Gasteiger partial charge in [-0.3, -0.25) is 10.1 Å². The van der Waals surface area contributed by atoms with Crippen molar-refractivity contribution in [2.45, 2.75) is 24.3 Å². The van der Waals surface area contributed by atoms with E-state index in [1.54, 1.807) is 0 Å². The molecule has 0 saturated carbocycles. The molecular formula is C12H17FN2O4S2. The van der Waals surface area contributed by atoms with E-state index in [4.69, 9.17) is 0 Å². The van der Waals surface area contributed by atoms with Crippen LogP contribution in [0.5, 0.6) is 0 Å². The van der Waals surface area contributed by atoms with E-state index in [-0.39, 0.29) is 10.9 Å². The molecule has 0 amide bonds. The summed E-state index contributed by atoms with van der Waals surface area (Å²) in [6.07, 6.45) is 2.49. The van der Waals surface area contributed by atoms with Gasteiger partial charge in [-0.2, -0.15) is 20.5 Å². The fourth-order valence-corrected chi connectivity index (χ4v) is 4.21. The Bertz CT molecular complexity index is 622. The number of nitrogens with zero attached hydrogens (tertiary/aromatic N) is 2. The lowest BCUT2D eigenvalue weighted by Crippen LogP contribution is -2.38. The van der Waals surface area contributed by atoms with Gasteiger partial charge < -0.3 is 0 Å². The van der Waals surface area contributed by atoms with E-state index in [1.807, 2.05) is 13.2 Å². The number of sulfonamides is 1. The van der Waals surface area contributed by atoms with E-state index in [0.29, 0.717) is 18.2 Å². The molecule has 0 heterocycles. The zero-order chi connectivity index (χ0) is 16.2. The van der Waals surface area contributed by atoms with Crippen LogP contribution in [0.2, 0.25) is 0 Å². The highest BCUT2D eigenvalue weighted by atomic mass is 32.2.